The van der Waals surface area contributed by atoms with Crippen LogP contribution in [0.5, 0.6) is 11.5 Å². The van der Waals surface area contributed by atoms with Crippen LogP contribution in [0.4, 0.5) is 5.69 Å². The van der Waals surface area contributed by atoms with E-state index in [1.54, 1.807) is 0 Å². The van der Waals surface area contributed by atoms with E-state index in [1.165, 1.54) is 0 Å². The van der Waals surface area contributed by atoms with Gasteiger partial charge in [-0.2, -0.15) is 0 Å². The zero-order valence-corrected chi connectivity index (χ0v) is 12.9. The molecule has 17 heavy (non-hydrogen) atoms. The maximum Gasteiger partial charge on any atom is 0.142 e. The Morgan fingerprint density at radius 2 is 1.88 bits per heavy atom. The molecule has 0 saturated carbocycles. The average Bonchev–Trinajstić information content (AvgIpc) is 2.29. The first-order valence-corrected chi connectivity index (χ1v) is 6.93. The van der Waals surface area contributed by atoms with Gasteiger partial charge >= 0.3 is 0 Å². The van der Waals surface area contributed by atoms with Crippen molar-refractivity contribution in [2.24, 2.45) is 0 Å². The Bertz CT molecular complexity index is 557. The Morgan fingerprint density at radius 1 is 1.18 bits per heavy atom. The molecule has 2 N–H and O–H groups in total. The van der Waals surface area contributed by atoms with Crippen molar-refractivity contribution in [3.63, 3.8) is 0 Å². The minimum atomic E-state index is 0.756. The van der Waals surface area contributed by atoms with Crippen molar-refractivity contribution in [1.29, 1.82) is 0 Å². The number of aryl methyl sites for hydroxylation is 1. The predicted octanol–water partition coefficient (Wildman–Crippen LogP) is 4.74. The fraction of sp³-hybridized carbons (Fsp3) is 0.0769. The second-order valence-corrected chi connectivity index (χ2v) is 5.69. The van der Waals surface area contributed by atoms with Gasteiger partial charge in [-0.3, -0.25) is 0 Å². The third-order valence-electron chi connectivity index (χ3n) is 2.38. The molecule has 2 aromatic carbocycles. The fourth-order valence-corrected chi connectivity index (χ4v) is 2.33. The highest BCUT2D eigenvalue weighted by Crippen LogP contribution is 2.34. The van der Waals surface area contributed by atoms with Crippen LogP contribution < -0.4 is 10.5 Å². The van der Waals surface area contributed by atoms with E-state index in [4.69, 9.17) is 10.5 Å². The number of anilines is 1. The lowest BCUT2D eigenvalue weighted by atomic mass is 10.2. The number of benzene rings is 2. The molecule has 88 valence electrons. The normalized spacial score (nSPS) is 10.3. The summed E-state index contributed by atoms with van der Waals surface area (Å²) in [4.78, 5) is 0. The number of rotatable bonds is 2. The molecule has 2 aromatic rings. The zero-order valence-electron chi connectivity index (χ0n) is 9.21. The summed E-state index contributed by atoms with van der Waals surface area (Å²) in [5.41, 5.74) is 7.59. The lowest BCUT2D eigenvalue weighted by Crippen LogP contribution is -1.93. The second kappa shape index (κ2) is 5.27. The van der Waals surface area contributed by atoms with Crippen molar-refractivity contribution in [2.75, 3.05) is 5.73 Å². The Labute approximate surface area is 122 Å². The van der Waals surface area contributed by atoms with Gasteiger partial charge in [0.1, 0.15) is 11.5 Å². The van der Waals surface area contributed by atoms with E-state index in [9.17, 15) is 0 Å². The van der Waals surface area contributed by atoms with Gasteiger partial charge in [0.15, 0.2) is 0 Å². The highest BCUT2D eigenvalue weighted by atomic mass is 127. The van der Waals surface area contributed by atoms with Crippen LogP contribution in [0.1, 0.15) is 5.56 Å². The molecule has 4 heteroatoms. The maximum atomic E-state index is 5.87. The van der Waals surface area contributed by atoms with Crippen LogP contribution in [0, 0.1) is 10.5 Å². The molecule has 0 spiro atoms. The first-order valence-electron chi connectivity index (χ1n) is 5.06. The molecule has 0 heterocycles. The molecule has 0 radical (unpaired) electrons. The van der Waals surface area contributed by atoms with Crippen molar-refractivity contribution in [3.05, 3.63) is 50.0 Å². The van der Waals surface area contributed by atoms with Gasteiger partial charge in [0.2, 0.25) is 0 Å². The van der Waals surface area contributed by atoms with Gasteiger partial charge in [0.25, 0.3) is 0 Å². The van der Waals surface area contributed by atoms with Gasteiger partial charge < -0.3 is 10.5 Å². The molecular weight excluding hydrogens is 393 g/mol. The van der Waals surface area contributed by atoms with Gasteiger partial charge in [-0.1, -0.05) is 12.1 Å². The number of para-hydroxylation sites is 1. The van der Waals surface area contributed by atoms with Gasteiger partial charge in [0, 0.05) is 5.69 Å². The van der Waals surface area contributed by atoms with E-state index < -0.39 is 0 Å². The number of nitrogen functional groups attached to an aromatic ring is 1. The summed E-state index contributed by atoms with van der Waals surface area (Å²) in [5, 5.41) is 0. The molecule has 0 aliphatic heterocycles. The highest BCUT2D eigenvalue weighted by Gasteiger charge is 2.07. The minimum Gasteiger partial charge on any atom is -0.455 e. The zero-order chi connectivity index (χ0) is 12.4. The summed E-state index contributed by atoms with van der Waals surface area (Å²) in [6.45, 7) is 1.96. The molecule has 0 unspecified atom stereocenters. The van der Waals surface area contributed by atoms with Crippen LogP contribution in [0.25, 0.3) is 0 Å². The molecule has 2 nitrogen and oxygen atoms in total. The lowest BCUT2D eigenvalue weighted by Gasteiger charge is -2.11. The van der Waals surface area contributed by atoms with Crippen molar-refractivity contribution in [2.45, 2.75) is 6.92 Å². The quantitative estimate of drug-likeness (QED) is 0.580. The lowest BCUT2D eigenvalue weighted by molar-refractivity contribution is 0.476. The molecule has 0 atom stereocenters. The Morgan fingerprint density at radius 3 is 2.59 bits per heavy atom. The Balaban J connectivity index is 2.37. The molecule has 0 amide bonds. The SMILES string of the molecule is Cc1cc(Oc2ccccc2I)c(Br)cc1N. The topological polar surface area (TPSA) is 35.2 Å². The van der Waals surface area contributed by atoms with Crippen LogP contribution >= 0.6 is 38.5 Å². The van der Waals surface area contributed by atoms with Crippen molar-refractivity contribution < 1.29 is 4.74 Å². The molecule has 2 rings (SSSR count). The largest absolute Gasteiger partial charge is 0.455 e. The molecule has 0 aliphatic carbocycles. The van der Waals surface area contributed by atoms with Crippen molar-refractivity contribution in [3.8, 4) is 11.5 Å². The first-order chi connectivity index (χ1) is 8.08. The number of halogens is 2. The van der Waals surface area contributed by atoms with Crippen molar-refractivity contribution >= 4 is 44.2 Å². The van der Waals surface area contributed by atoms with Crippen LogP contribution in [-0.4, -0.2) is 0 Å². The molecule has 0 saturated heterocycles. The van der Waals surface area contributed by atoms with E-state index in [-0.39, 0.29) is 0 Å². The summed E-state index contributed by atoms with van der Waals surface area (Å²) in [6, 6.07) is 11.7. The summed E-state index contributed by atoms with van der Waals surface area (Å²) >= 11 is 5.71. The maximum absolute atomic E-state index is 5.87. The number of ether oxygens (including phenoxy) is 1. The van der Waals surface area contributed by atoms with E-state index >= 15 is 0 Å². The van der Waals surface area contributed by atoms with Crippen molar-refractivity contribution in [1.82, 2.24) is 0 Å². The smallest absolute Gasteiger partial charge is 0.142 e. The second-order valence-electron chi connectivity index (χ2n) is 3.67. The minimum absolute atomic E-state index is 0.756. The highest BCUT2D eigenvalue weighted by molar-refractivity contribution is 14.1. The molecule has 0 bridgehead atoms. The number of nitrogens with two attached hydrogens (primary N) is 1. The summed E-state index contributed by atoms with van der Waals surface area (Å²) in [6.07, 6.45) is 0. The number of hydrogen-bond acceptors (Lipinski definition) is 2. The average molecular weight is 404 g/mol. The first kappa shape index (κ1) is 12.7. The predicted molar refractivity (Wildman–Crippen MR) is 82.5 cm³/mol. The number of hydrogen-bond donors (Lipinski definition) is 1. The van der Waals surface area contributed by atoms with E-state index in [0.29, 0.717) is 0 Å². The monoisotopic (exact) mass is 403 g/mol. The van der Waals surface area contributed by atoms with Gasteiger partial charge in [-0.25, -0.2) is 0 Å². The van der Waals surface area contributed by atoms with E-state index in [1.807, 2.05) is 43.3 Å². The Kier molecular flexibility index (Phi) is 3.93. The summed E-state index contributed by atoms with van der Waals surface area (Å²) < 4.78 is 7.80. The molecule has 0 aromatic heterocycles. The fourth-order valence-electron chi connectivity index (χ4n) is 1.39. The van der Waals surface area contributed by atoms with Crippen LogP contribution in [0.3, 0.4) is 0 Å². The molecule has 0 fully saturated rings. The van der Waals surface area contributed by atoms with E-state index in [0.717, 1.165) is 30.8 Å². The molecule has 0 aliphatic rings. The van der Waals surface area contributed by atoms with E-state index in [2.05, 4.69) is 38.5 Å². The summed E-state index contributed by atoms with van der Waals surface area (Å²) in [5.74, 6) is 1.62. The molecular formula is C13H11BrINO. The summed E-state index contributed by atoms with van der Waals surface area (Å²) in [7, 11) is 0. The van der Waals surface area contributed by atoms with Crippen LogP contribution in [0.2, 0.25) is 0 Å². The third kappa shape index (κ3) is 2.93. The van der Waals surface area contributed by atoms with Gasteiger partial charge in [-0.15, -0.1) is 0 Å². The van der Waals surface area contributed by atoms with Gasteiger partial charge in [0.05, 0.1) is 8.04 Å². The Hall–Kier alpha value is -0.750. The van der Waals surface area contributed by atoms with Gasteiger partial charge in [-0.05, 0) is 75.3 Å². The third-order valence-corrected chi connectivity index (χ3v) is 3.89. The van der Waals surface area contributed by atoms with Crippen LogP contribution in [-0.2, 0) is 0 Å². The van der Waals surface area contributed by atoms with Crippen LogP contribution in [0.15, 0.2) is 40.9 Å². The standard InChI is InChI=1S/C13H11BrINO/c1-8-6-13(9(14)7-11(8)16)17-12-5-3-2-4-10(12)15/h2-7H,16H2,1H3.